The number of ether oxygens (including phenoxy) is 2. The highest BCUT2D eigenvalue weighted by atomic mass is 35.5. The molecule has 0 bridgehead atoms. The highest BCUT2D eigenvalue weighted by Crippen LogP contribution is 2.18. The Kier molecular flexibility index (Phi) is 7.59. The van der Waals surface area contributed by atoms with Crippen molar-refractivity contribution >= 4 is 17.6 Å². The van der Waals surface area contributed by atoms with Gasteiger partial charge in [0.1, 0.15) is 0 Å². The van der Waals surface area contributed by atoms with Crippen LogP contribution >= 0.6 is 11.6 Å². The number of hydrogen-bond acceptors (Lipinski definition) is 3. The van der Waals surface area contributed by atoms with Crippen molar-refractivity contribution in [3.8, 4) is 0 Å². The van der Waals surface area contributed by atoms with Crippen molar-refractivity contribution in [3.63, 3.8) is 0 Å². The van der Waals surface area contributed by atoms with E-state index in [0.717, 1.165) is 68.7 Å². The van der Waals surface area contributed by atoms with E-state index in [2.05, 4.69) is 21.3 Å². The van der Waals surface area contributed by atoms with Crippen LogP contribution in [0.15, 0.2) is 29.3 Å². The molecule has 1 atom stereocenters. The van der Waals surface area contributed by atoms with Gasteiger partial charge in [-0.05, 0) is 49.8 Å². The first kappa shape index (κ1) is 19.5. The maximum Gasteiger partial charge on any atom is 0.193 e. The molecule has 2 heterocycles. The van der Waals surface area contributed by atoms with E-state index in [1.54, 1.807) is 0 Å². The predicted octanol–water partition coefficient (Wildman–Crippen LogP) is 3.47. The molecule has 3 rings (SSSR count). The Morgan fingerprint density at radius 1 is 1.31 bits per heavy atom. The first-order valence-electron chi connectivity index (χ1n) is 9.68. The molecule has 6 heteroatoms. The van der Waals surface area contributed by atoms with Crippen molar-refractivity contribution in [1.29, 1.82) is 0 Å². The summed E-state index contributed by atoms with van der Waals surface area (Å²) >= 11 is 6.05. The number of halogens is 1. The third-order valence-electron chi connectivity index (χ3n) is 5.08. The molecule has 0 radical (unpaired) electrons. The van der Waals surface area contributed by atoms with E-state index in [0.29, 0.717) is 12.2 Å². The summed E-state index contributed by atoms with van der Waals surface area (Å²) in [6, 6.07) is 7.92. The van der Waals surface area contributed by atoms with E-state index in [-0.39, 0.29) is 0 Å². The van der Waals surface area contributed by atoms with Crippen LogP contribution in [-0.4, -0.2) is 56.4 Å². The van der Waals surface area contributed by atoms with E-state index < -0.39 is 0 Å². The molecule has 2 aliphatic heterocycles. The Hall–Kier alpha value is -1.30. The van der Waals surface area contributed by atoms with Crippen molar-refractivity contribution < 1.29 is 9.47 Å². The van der Waals surface area contributed by atoms with E-state index in [1.165, 1.54) is 12.8 Å². The molecule has 1 aromatic carbocycles. The van der Waals surface area contributed by atoms with Gasteiger partial charge in [-0.3, -0.25) is 4.99 Å². The number of benzene rings is 1. The quantitative estimate of drug-likeness (QED) is 0.628. The van der Waals surface area contributed by atoms with Crippen molar-refractivity contribution in [2.24, 2.45) is 4.99 Å². The maximum atomic E-state index is 6.10. The Morgan fingerprint density at radius 3 is 2.85 bits per heavy atom. The summed E-state index contributed by atoms with van der Waals surface area (Å²) in [5.41, 5.74) is 1.16. The Balaban J connectivity index is 1.39. The van der Waals surface area contributed by atoms with Gasteiger partial charge in [-0.2, -0.15) is 0 Å². The SMILES string of the molecule is CN=C(NCc1cccc(Cl)c1)N1CCC(OCC2CCCCO2)CC1. The maximum absolute atomic E-state index is 6.10. The lowest BCUT2D eigenvalue weighted by atomic mass is 10.1. The molecule has 2 aliphatic rings. The summed E-state index contributed by atoms with van der Waals surface area (Å²) in [6.45, 7) is 4.28. The number of nitrogens with one attached hydrogen (secondary N) is 1. The van der Waals surface area contributed by atoms with Crippen LogP contribution in [0.25, 0.3) is 0 Å². The van der Waals surface area contributed by atoms with Crippen LogP contribution in [0.5, 0.6) is 0 Å². The molecule has 0 aliphatic carbocycles. The van der Waals surface area contributed by atoms with Crippen LogP contribution in [0.4, 0.5) is 0 Å². The van der Waals surface area contributed by atoms with Gasteiger partial charge in [-0.1, -0.05) is 23.7 Å². The van der Waals surface area contributed by atoms with Crippen molar-refractivity contribution in [3.05, 3.63) is 34.9 Å². The normalized spacial score (nSPS) is 22.5. The smallest absolute Gasteiger partial charge is 0.193 e. The molecule has 5 nitrogen and oxygen atoms in total. The summed E-state index contributed by atoms with van der Waals surface area (Å²) in [5.74, 6) is 0.944. The van der Waals surface area contributed by atoms with Gasteiger partial charge in [0.2, 0.25) is 0 Å². The largest absolute Gasteiger partial charge is 0.376 e. The number of rotatable bonds is 5. The van der Waals surface area contributed by atoms with Gasteiger partial charge >= 0.3 is 0 Å². The molecule has 2 saturated heterocycles. The first-order chi connectivity index (χ1) is 12.7. The Labute approximate surface area is 161 Å². The molecule has 0 saturated carbocycles. The summed E-state index contributed by atoms with van der Waals surface area (Å²) in [7, 11) is 1.84. The van der Waals surface area contributed by atoms with Crippen LogP contribution < -0.4 is 5.32 Å². The number of likely N-dealkylation sites (tertiary alicyclic amines) is 1. The highest BCUT2D eigenvalue weighted by molar-refractivity contribution is 6.30. The van der Waals surface area contributed by atoms with Gasteiger partial charge < -0.3 is 19.7 Å². The second-order valence-corrected chi connectivity index (χ2v) is 7.48. The molecule has 2 fully saturated rings. The van der Waals surface area contributed by atoms with Crippen LogP contribution in [0.3, 0.4) is 0 Å². The van der Waals surface area contributed by atoms with Crippen LogP contribution in [-0.2, 0) is 16.0 Å². The minimum atomic E-state index is 0.300. The molecular weight excluding hydrogens is 350 g/mol. The van der Waals surface area contributed by atoms with E-state index in [9.17, 15) is 0 Å². The zero-order chi connectivity index (χ0) is 18.2. The standard InChI is InChI=1S/C20H30ClN3O2/c1-22-20(23-14-16-5-4-6-17(21)13-16)24-10-8-18(9-11-24)26-15-19-7-2-3-12-25-19/h4-6,13,18-19H,2-3,7-12,14-15H2,1H3,(H,22,23). The molecule has 0 aromatic heterocycles. The van der Waals surface area contributed by atoms with Gasteiger partial charge in [-0.15, -0.1) is 0 Å². The average Bonchev–Trinajstić information content (AvgIpc) is 2.69. The second kappa shape index (κ2) is 10.1. The molecule has 0 spiro atoms. The molecular formula is C20H30ClN3O2. The Bertz CT molecular complexity index is 582. The zero-order valence-corrected chi connectivity index (χ0v) is 16.4. The first-order valence-corrected chi connectivity index (χ1v) is 10.1. The van der Waals surface area contributed by atoms with Gasteiger partial charge in [-0.25, -0.2) is 0 Å². The molecule has 1 aromatic rings. The number of piperidine rings is 1. The minimum Gasteiger partial charge on any atom is -0.376 e. The lowest BCUT2D eigenvalue weighted by Gasteiger charge is -2.35. The number of aliphatic imine (C=N–C) groups is 1. The van der Waals surface area contributed by atoms with E-state index in [4.69, 9.17) is 21.1 Å². The van der Waals surface area contributed by atoms with Crippen molar-refractivity contribution in [1.82, 2.24) is 10.2 Å². The number of hydrogen-bond donors (Lipinski definition) is 1. The molecule has 144 valence electrons. The fraction of sp³-hybridized carbons (Fsp3) is 0.650. The molecule has 1 unspecified atom stereocenters. The third-order valence-corrected chi connectivity index (χ3v) is 5.32. The number of nitrogens with zero attached hydrogens (tertiary/aromatic N) is 2. The van der Waals surface area contributed by atoms with Gasteiger partial charge in [0.05, 0.1) is 18.8 Å². The van der Waals surface area contributed by atoms with Crippen LogP contribution in [0.2, 0.25) is 5.02 Å². The van der Waals surface area contributed by atoms with Gasteiger partial charge in [0, 0.05) is 38.3 Å². The van der Waals surface area contributed by atoms with Crippen molar-refractivity contribution in [2.45, 2.75) is 50.9 Å². The van der Waals surface area contributed by atoms with Crippen LogP contribution in [0, 0.1) is 0 Å². The second-order valence-electron chi connectivity index (χ2n) is 7.04. The third kappa shape index (κ3) is 5.86. The lowest BCUT2D eigenvalue weighted by molar-refractivity contribution is -0.0721. The zero-order valence-electron chi connectivity index (χ0n) is 15.6. The summed E-state index contributed by atoms with van der Waals surface area (Å²) in [4.78, 5) is 6.74. The summed E-state index contributed by atoms with van der Waals surface area (Å²) in [6.07, 6.45) is 6.29. The molecule has 26 heavy (non-hydrogen) atoms. The summed E-state index contributed by atoms with van der Waals surface area (Å²) < 4.78 is 11.9. The predicted molar refractivity (Wildman–Crippen MR) is 106 cm³/mol. The monoisotopic (exact) mass is 379 g/mol. The average molecular weight is 380 g/mol. The molecule has 1 N–H and O–H groups in total. The summed E-state index contributed by atoms with van der Waals surface area (Å²) in [5, 5.41) is 4.20. The topological polar surface area (TPSA) is 46.1 Å². The highest BCUT2D eigenvalue weighted by Gasteiger charge is 2.23. The minimum absolute atomic E-state index is 0.300. The fourth-order valence-corrected chi connectivity index (χ4v) is 3.79. The van der Waals surface area contributed by atoms with Gasteiger partial charge in [0.25, 0.3) is 0 Å². The van der Waals surface area contributed by atoms with E-state index >= 15 is 0 Å². The lowest BCUT2D eigenvalue weighted by Crippen LogP contribution is -2.47. The number of guanidine groups is 1. The van der Waals surface area contributed by atoms with Gasteiger partial charge in [0.15, 0.2) is 5.96 Å². The Morgan fingerprint density at radius 2 is 2.15 bits per heavy atom. The van der Waals surface area contributed by atoms with Crippen LogP contribution in [0.1, 0.15) is 37.7 Å². The van der Waals surface area contributed by atoms with Crippen molar-refractivity contribution in [2.75, 3.05) is 33.4 Å². The fourth-order valence-electron chi connectivity index (χ4n) is 3.58. The van der Waals surface area contributed by atoms with E-state index in [1.807, 2.05) is 25.2 Å². The molecule has 0 amide bonds.